The molecule has 1 rings (SSSR count). The van der Waals surface area contributed by atoms with E-state index in [1.54, 1.807) is 11.8 Å². The molecule has 0 spiro atoms. The van der Waals surface area contributed by atoms with Crippen molar-refractivity contribution in [3.8, 4) is 0 Å². The second-order valence-corrected chi connectivity index (χ2v) is 4.71. The zero-order valence-corrected chi connectivity index (χ0v) is 9.58. The lowest BCUT2D eigenvalue weighted by molar-refractivity contribution is 0.557. The van der Waals surface area contributed by atoms with Crippen molar-refractivity contribution in [1.29, 1.82) is 0 Å². The Bertz CT molecular complexity index is 319. The van der Waals surface area contributed by atoms with Crippen molar-refractivity contribution in [2.45, 2.75) is 37.2 Å². The van der Waals surface area contributed by atoms with Crippen molar-refractivity contribution in [2.24, 2.45) is 0 Å². The van der Waals surface area contributed by atoms with Crippen LogP contribution in [0.3, 0.4) is 0 Å². The average Bonchev–Trinajstić information content (AvgIpc) is 2.46. The molecule has 0 aromatic carbocycles. The zero-order valence-electron chi connectivity index (χ0n) is 8.77. The van der Waals surface area contributed by atoms with Crippen LogP contribution in [0, 0.1) is 0 Å². The number of aromatic nitrogens is 3. The van der Waals surface area contributed by atoms with Gasteiger partial charge in [-0.2, -0.15) is 0 Å². The highest BCUT2D eigenvalue weighted by Gasteiger charge is 2.14. The predicted molar refractivity (Wildman–Crippen MR) is 60.3 cm³/mol. The fourth-order valence-corrected chi connectivity index (χ4v) is 2.00. The number of nitrogens with zero attached hydrogens (tertiary/aromatic N) is 3. The molecular formula is C9H16N4S. The van der Waals surface area contributed by atoms with Gasteiger partial charge in [0.25, 0.3) is 0 Å². The smallest absolute Gasteiger partial charge is 0.222 e. The van der Waals surface area contributed by atoms with Crippen LogP contribution in [0.5, 0.6) is 0 Å². The fraction of sp³-hybridized carbons (Fsp3) is 0.556. The van der Waals surface area contributed by atoms with Gasteiger partial charge in [-0.3, -0.25) is 4.57 Å². The van der Waals surface area contributed by atoms with Crippen LogP contribution in [0.2, 0.25) is 0 Å². The van der Waals surface area contributed by atoms with Gasteiger partial charge in [0.2, 0.25) is 5.95 Å². The highest BCUT2D eigenvalue weighted by molar-refractivity contribution is 7.99. The molecule has 0 saturated heterocycles. The minimum atomic E-state index is 0.282. The number of rotatable bonds is 4. The van der Waals surface area contributed by atoms with Crippen LogP contribution < -0.4 is 5.73 Å². The van der Waals surface area contributed by atoms with Crippen LogP contribution in [-0.2, 0) is 0 Å². The molecule has 14 heavy (non-hydrogen) atoms. The normalized spacial score (nSPS) is 13.1. The molecule has 1 unspecified atom stereocenters. The van der Waals surface area contributed by atoms with Crippen LogP contribution in [-0.4, -0.2) is 20.0 Å². The molecule has 0 aliphatic heterocycles. The van der Waals surface area contributed by atoms with Crippen molar-refractivity contribution < 1.29 is 0 Å². The molecule has 0 bridgehead atoms. The second kappa shape index (κ2) is 4.50. The molecule has 0 aliphatic carbocycles. The van der Waals surface area contributed by atoms with Gasteiger partial charge in [0.1, 0.15) is 0 Å². The Hall–Kier alpha value is -0.970. The lowest BCUT2D eigenvalue weighted by Gasteiger charge is -2.12. The summed E-state index contributed by atoms with van der Waals surface area (Å²) in [5.41, 5.74) is 5.71. The van der Waals surface area contributed by atoms with E-state index in [1.807, 2.05) is 10.6 Å². The average molecular weight is 212 g/mol. The van der Waals surface area contributed by atoms with Crippen LogP contribution in [0.25, 0.3) is 0 Å². The van der Waals surface area contributed by atoms with Gasteiger partial charge in [-0.1, -0.05) is 17.8 Å². The Morgan fingerprint density at radius 1 is 1.43 bits per heavy atom. The predicted octanol–water partition coefficient (Wildman–Crippen LogP) is 2.11. The van der Waals surface area contributed by atoms with E-state index in [0.717, 1.165) is 5.16 Å². The third-order valence-electron chi connectivity index (χ3n) is 1.83. The quantitative estimate of drug-likeness (QED) is 0.613. The van der Waals surface area contributed by atoms with E-state index in [1.165, 1.54) is 0 Å². The highest BCUT2D eigenvalue weighted by Crippen LogP contribution is 2.26. The summed E-state index contributed by atoms with van der Waals surface area (Å²) in [6.45, 7) is 9.91. The molecular weight excluding hydrogens is 196 g/mol. The van der Waals surface area contributed by atoms with E-state index in [-0.39, 0.29) is 6.04 Å². The van der Waals surface area contributed by atoms with Gasteiger partial charge in [0.05, 0.1) is 0 Å². The van der Waals surface area contributed by atoms with Crippen molar-refractivity contribution >= 4 is 17.7 Å². The molecule has 0 fully saturated rings. The number of hydrogen-bond acceptors (Lipinski definition) is 4. The van der Waals surface area contributed by atoms with E-state index in [2.05, 4.69) is 37.5 Å². The summed E-state index contributed by atoms with van der Waals surface area (Å²) in [4.78, 5) is 0. The first-order chi connectivity index (χ1) is 6.56. The summed E-state index contributed by atoms with van der Waals surface area (Å²) >= 11 is 1.61. The molecule has 5 heteroatoms. The minimum Gasteiger partial charge on any atom is -0.368 e. The lowest BCUT2D eigenvalue weighted by Crippen LogP contribution is -2.08. The number of nitrogen functional groups attached to an aromatic ring is 1. The van der Waals surface area contributed by atoms with Gasteiger partial charge >= 0.3 is 0 Å². The van der Waals surface area contributed by atoms with E-state index in [4.69, 9.17) is 5.73 Å². The van der Waals surface area contributed by atoms with Crippen molar-refractivity contribution in [2.75, 3.05) is 5.73 Å². The summed E-state index contributed by atoms with van der Waals surface area (Å²) in [6, 6.07) is 0.282. The van der Waals surface area contributed by atoms with Gasteiger partial charge in [0.15, 0.2) is 5.16 Å². The maximum atomic E-state index is 5.71. The first-order valence-electron chi connectivity index (χ1n) is 4.55. The van der Waals surface area contributed by atoms with E-state index < -0.39 is 0 Å². The van der Waals surface area contributed by atoms with Crippen molar-refractivity contribution in [3.05, 3.63) is 12.7 Å². The minimum absolute atomic E-state index is 0.282. The highest BCUT2D eigenvalue weighted by atomic mass is 32.2. The number of nitrogens with two attached hydrogens (primary N) is 1. The molecule has 78 valence electrons. The standard InChI is InChI=1S/C9H16N4S/c1-5-7(4)14-9-12-11-8(10)13(9)6(2)3/h5-7H,1H2,2-4H3,(H2,10,11). The van der Waals surface area contributed by atoms with Gasteiger partial charge < -0.3 is 5.73 Å². The molecule has 2 N–H and O–H groups in total. The zero-order chi connectivity index (χ0) is 10.7. The van der Waals surface area contributed by atoms with E-state index >= 15 is 0 Å². The number of thioether (sulfide) groups is 1. The topological polar surface area (TPSA) is 56.7 Å². The maximum Gasteiger partial charge on any atom is 0.222 e. The van der Waals surface area contributed by atoms with Crippen molar-refractivity contribution in [3.63, 3.8) is 0 Å². The van der Waals surface area contributed by atoms with Crippen LogP contribution in [0.1, 0.15) is 26.8 Å². The van der Waals surface area contributed by atoms with Gasteiger partial charge in [-0.05, 0) is 20.8 Å². The summed E-state index contributed by atoms with van der Waals surface area (Å²) in [5, 5.41) is 9.06. The third-order valence-corrected chi connectivity index (χ3v) is 2.88. The molecule has 0 radical (unpaired) electrons. The Morgan fingerprint density at radius 3 is 2.57 bits per heavy atom. The fourth-order valence-electron chi connectivity index (χ4n) is 1.07. The molecule has 0 saturated carbocycles. The van der Waals surface area contributed by atoms with Crippen LogP contribution >= 0.6 is 11.8 Å². The van der Waals surface area contributed by atoms with Crippen LogP contribution in [0.15, 0.2) is 17.8 Å². The van der Waals surface area contributed by atoms with Gasteiger partial charge in [-0.15, -0.1) is 16.8 Å². The summed E-state index contributed by atoms with van der Waals surface area (Å²) < 4.78 is 1.92. The molecule has 1 atom stereocenters. The summed E-state index contributed by atoms with van der Waals surface area (Å²) in [6.07, 6.45) is 1.88. The first-order valence-corrected chi connectivity index (χ1v) is 5.43. The number of anilines is 1. The largest absolute Gasteiger partial charge is 0.368 e. The van der Waals surface area contributed by atoms with Gasteiger partial charge in [0, 0.05) is 11.3 Å². The van der Waals surface area contributed by atoms with E-state index in [9.17, 15) is 0 Å². The first kappa shape index (κ1) is 11.1. The summed E-state index contributed by atoms with van der Waals surface area (Å²) in [5.74, 6) is 0.471. The molecule has 4 nitrogen and oxygen atoms in total. The van der Waals surface area contributed by atoms with E-state index in [0.29, 0.717) is 11.2 Å². The summed E-state index contributed by atoms with van der Waals surface area (Å²) in [7, 11) is 0. The number of hydrogen-bond donors (Lipinski definition) is 1. The molecule has 0 aliphatic rings. The maximum absolute atomic E-state index is 5.71. The molecule has 1 heterocycles. The second-order valence-electron chi connectivity index (χ2n) is 3.36. The Morgan fingerprint density at radius 2 is 2.07 bits per heavy atom. The molecule has 1 aromatic rings. The monoisotopic (exact) mass is 212 g/mol. The SMILES string of the molecule is C=CC(C)Sc1nnc(N)n1C(C)C. The van der Waals surface area contributed by atoms with Crippen LogP contribution in [0.4, 0.5) is 5.95 Å². The Balaban J connectivity index is 2.91. The van der Waals surface area contributed by atoms with Crippen molar-refractivity contribution in [1.82, 2.24) is 14.8 Å². The Labute approximate surface area is 88.6 Å². The molecule has 1 aromatic heterocycles. The Kier molecular flexibility index (Phi) is 3.57. The molecule has 0 amide bonds. The lowest BCUT2D eigenvalue weighted by atomic mass is 10.4. The third kappa shape index (κ3) is 2.29. The van der Waals surface area contributed by atoms with Gasteiger partial charge in [-0.25, -0.2) is 0 Å².